The van der Waals surface area contributed by atoms with Crippen LogP contribution in [-0.4, -0.2) is 11.5 Å². The smallest absolute Gasteiger partial charge is 0.312 e. The summed E-state index contributed by atoms with van der Waals surface area (Å²) in [6.07, 6.45) is 0. The zero-order valence-corrected chi connectivity index (χ0v) is 10.1. The van der Waals surface area contributed by atoms with E-state index in [0.29, 0.717) is 6.54 Å². The van der Waals surface area contributed by atoms with Gasteiger partial charge in [0, 0.05) is 24.5 Å². The normalized spacial score (nSPS) is 11.7. The van der Waals surface area contributed by atoms with Crippen molar-refractivity contribution in [2.45, 2.75) is 27.3 Å². The van der Waals surface area contributed by atoms with E-state index >= 15 is 0 Å². The number of nitrogens with one attached hydrogen (secondary N) is 1. The van der Waals surface area contributed by atoms with Crippen LogP contribution < -0.4 is 5.32 Å². The van der Waals surface area contributed by atoms with Gasteiger partial charge in [-0.3, -0.25) is 10.1 Å². The summed E-state index contributed by atoms with van der Waals surface area (Å²) in [6.45, 7) is 8.04. The van der Waals surface area contributed by atoms with Crippen molar-refractivity contribution in [1.29, 1.82) is 0 Å². The molecule has 0 saturated carbocycles. The molecule has 15 heavy (non-hydrogen) atoms. The Morgan fingerprint density at radius 2 is 2.20 bits per heavy atom. The largest absolute Gasteiger partial charge is 0.324 e. The maximum Gasteiger partial charge on any atom is 0.324 e. The molecule has 0 atom stereocenters. The van der Waals surface area contributed by atoms with Crippen molar-refractivity contribution in [2.24, 2.45) is 5.41 Å². The van der Waals surface area contributed by atoms with Crippen molar-refractivity contribution in [3.05, 3.63) is 27.1 Å². The number of nitrogens with zero attached hydrogens (tertiary/aromatic N) is 1. The monoisotopic (exact) mass is 228 g/mol. The van der Waals surface area contributed by atoms with Gasteiger partial charge >= 0.3 is 5.00 Å². The van der Waals surface area contributed by atoms with Gasteiger partial charge in [0.1, 0.15) is 0 Å². The standard InChI is InChI=1S/C10H16N2O2S/c1-10(2,3)7-11-5-8-4-9(12(13)14)15-6-8/h4,6,11H,5,7H2,1-3H3. The molecule has 0 radical (unpaired) electrons. The molecule has 0 aliphatic carbocycles. The van der Waals surface area contributed by atoms with Crippen LogP contribution in [0.5, 0.6) is 0 Å². The summed E-state index contributed by atoms with van der Waals surface area (Å²) in [7, 11) is 0. The quantitative estimate of drug-likeness (QED) is 0.637. The third-order valence-electron chi connectivity index (χ3n) is 1.80. The summed E-state index contributed by atoms with van der Waals surface area (Å²) in [6, 6.07) is 1.63. The Bertz CT molecular complexity index is 341. The van der Waals surface area contributed by atoms with Crippen LogP contribution in [0.2, 0.25) is 0 Å². The molecule has 0 fully saturated rings. The molecule has 0 aromatic carbocycles. The van der Waals surface area contributed by atoms with Crippen LogP contribution in [0.25, 0.3) is 0 Å². The van der Waals surface area contributed by atoms with E-state index in [1.807, 2.05) is 5.38 Å². The Morgan fingerprint density at radius 3 is 2.67 bits per heavy atom. The highest BCUT2D eigenvalue weighted by atomic mass is 32.1. The molecule has 0 unspecified atom stereocenters. The van der Waals surface area contributed by atoms with Crippen LogP contribution in [0.4, 0.5) is 5.00 Å². The molecule has 84 valence electrons. The molecular formula is C10H16N2O2S. The van der Waals surface area contributed by atoms with Crippen molar-refractivity contribution in [1.82, 2.24) is 5.32 Å². The summed E-state index contributed by atoms with van der Waals surface area (Å²) >= 11 is 1.18. The summed E-state index contributed by atoms with van der Waals surface area (Å²) in [4.78, 5) is 10.1. The third kappa shape index (κ3) is 4.40. The van der Waals surface area contributed by atoms with Gasteiger partial charge in [0.15, 0.2) is 0 Å². The highest BCUT2D eigenvalue weighted by Crippen LogP contribution is 2.22. The Balaban J connectivity index is 2.41. The second-order valence-corrected chi connectivity index (χ2v) is 5.60. The molecule has 0 aliphatic rings. The van der Waals surface area contributed by atoms with Gasteiger partial charge in [0.25, 0.3) is 0 Å². The maximum atomic E-state index is 10.4. The highest BCUT2D eigenvalue weighted by molar-refractivity contribution is 7.13. The fourth-order valence-corrected chi connectivity index (χ4v) is 1.86. The lowest BCUT2D eigenvalue weighted by molar-refractivity contribution is -0.380. The van der Waals surface area contributed by atoms with E-state index in [1.165, 1.54) is 11.3 Å². The second-order valence-electron chi connectivity index (χ2n) is 4.71. The van der Waals surface area contributed by atoms with Gasteiger partial charge in [-0.2, -0.15) is 0 Å². The third-order valence-corrected chi connectivity index (χ3v) is 2.73. The average molecular weight is 228 g/mol. The maximum absolute atomic E-state index is 10.4. The van der Waals surface area contributed by atoms with Crippen molar-refractivity contribution < 1.29 is 4.92 Å². The fourth-order valence-electron chi connectivity index (χ4n) is 1.13. The number of rotatable bonds is 4. The molecule has 1 N–H and O–H groups in total. The summed E-state index contributed by atoms with van der Waals surface area (Å²) in [5.41, 5.74) is 1.22. The van der Waals surface area contributed by atoms with E-state index in [4.69, 9.17) is 0 Å². The molecule has 1 rings (SSSR count). The first-order valence-electron chi connectivity index (χ1n) is 4.81. The molecule has 0 saturated heterocycles. The zero-order chi connectivity index (χ0) is 11.5. The molecule has 1 aromatic rings. The molecule has 0 aliphatic heterocycles. The van der Waals surface area contributed by atoms with Crippen molar-refractivity contribution in [3.8, 4) is 0 Å². The van der Waals surface area contributed by atoms with E-state index in [-0.39, 0.29) is 15.3 Å². The van der Waals surface area contributed by atoms with Crippen molar-refractivity contribution in [3.63, 3.8) is 0 Å². The van der Waals surface area contributed by atoms with Crippen LogP contribution in [0.15, 0.2) is 11.4 Å². The van der Waals surface area contributed by atoms with Crippen LogP contribution in [0.1, 0.15) is 26.3 Å². The first kappa shape index (κ1) is 12.1. The van der Waals surface area contributed by atoms with E-state index in [2.05, 4.69) is 26.1 Å². The molecular weight excluding hydrogens is 212 g/mol. The van der Waals surface area contributed by atoms with Gasteiger partial charge in [-0.05, 0) is 11.0 Å². The van der Waals surface area contributed by atoms with Crippen LogP contribution in [0.3, 0.4) is 0 Å². The molecule has 4 nitrogen and oxygen atoms in total. The van der Waals surface area contributed by atoms with Gasteiger partial charge in [0.05, 0.1) is 4.92 Å². The Labute approximate surface area is 93.5 Å². The van der Waals surface area contributed by atoms with Crippen molar-refractivity contribution in [2.75, 3.05) is 6.54 Å². The molecule has 1 heterocycles. The van der Waals surface area contributed by atoms with Crippen LogP contribution in [-0.2, 0) is 6.54 Å². The summed E-state index contributed by atoms with van der Waals surface area (Å²) in [5, 5.41) is 15.8. The van der Waals surface area contributed by atoms with Crippen LogP contribution in [0, 0.1) is 15.5 Å². The number of hydrogen-bond acceptors (Lipinski definition) is 4. The van der Waals surface area contributed by atoms with Crippen molar-refractivity contribution >= 4 is 16.3 Å². The van der Waals surface area contributed by atoms with E-state index < -0.39 is 0 Å². The molecule has 0 amide bonds. The molecule has 1 aromatic heterocycles. The Hall–Kier alpha value is -0.940. The number of thiophene rings is 1. The SMILES string of the molecule is CC(C)(C)CNCc1csc([N+](=O)[O-])c1. The lowest BCUT2D eigenvalue weighted by Gasteiger charge is -2.18. The summed E-state index contributed by atoms with van der Waals surface area (Å²) < 4.78 is 0. The van der Waals surface area contributed by atoms with E-state index in [0.717, 1.165) is 12.1 Å². The van der Waals surface area contributed by atoms with Gasteiger partial charge in [-0.1, -0.05) is 32.1 Å². The first-order chi connectivity index (χ1) is 6.88. The zero-order valence-electron chi connectivity index (χ0n) is 9.24. The average Bonchev–Trinajstić information content (AvgIpc) is 2.50. The van der Waals surface area contributed by atoms with Gasteiger partial charge in [0.2, 0.25) is 0 Å². The lowest BCUT2D eigenvalue weighted by atomic mass is 9.97. The lowest BCUT2D eigenvalue weighted by Crippen LogP contribution is -2.26. The Kier molecular flexibility index (Phi) is 3.82. The van der Waals surface area contributed by atoms with Crippen LogP contribution >= 0.6 is 11.3 Å². The fraction of sp³-hybridized carbons (Fsp3) is 0.600. The predicted molar refractivity (Wildman–Crippen MR) is 62.1 cm³/mol. The molecule has 0 spiro atoms. The summed E-state index contributed by atoms with van der Waals surface area (Å²) in [5.74, 6) is 0. The van der Waals surface area contributed by atoms with Gasteiger partial charge < -0.3 is 5.32 Å². The molecule has 5 heteroatoms. The van der Waals surface area contributed by atoms with Gasteiger partial charge in [-0.25, -0.2) is 0 Å². The Morgan fingerprint density at radius 1 is 1.53 bits per heavy atom. The van der Waals surface area contributed by atoms with E-state index in [1.54, 1.807) is 6.07 Å². The van der Waals surface area contributed by atoms with Gasteiger partial charge in [-0.15, -0.1) is 0 Å². The minimum Gasteiger partial charge on any atom is -0.312 e. The highest BCUT2D eigenvalue weighted by Gasteiger charge is 2.11. The minimum absolute atomic E-state index is 0.211. The van der Waals surface area contributed by atoms with E-state index in [9.17, 15) is 10.1 Å². The second kappa shape index (κ2) is 4.72. The molecule has 0 bridgehead atoms. The predicted octanol–water partition coefficient (Wildman–Crippen LogP) is 2.79. The minimum atomic E-state index is -0.349. The first-order valence-corrected chi connectivity index (χ1v) is 5.69. The number of nitro groups is 1. The number of hydrogen-bond donors (Lipinski definition) is 1. The topological polar surface area (TPSA) is 55.2 Å².